The molecule has 0 aliphatic heterocycles. The summed E-state index contributed by atoms with van der Waals surface area (Å²) in [6, 6.07) is 1.57. The van der Waals surface area contributed by atoms with Gasteiger partial charge in [0.15, 0.2) is 0 Å². The molecular weight excluding hydrogens is 158 g/mol. The van der Waals surface area contributed by atoms with Crippen LogP contribution in [0.1, 0.15) is 11.8 Å². The fourth-order valence-electron chi connectivity index (χ4n) is 0.705. The molecule has 0 aliphatic rings. The molecular formula is C6H7N5O. The molecule has 1 atom stereocenters. The molecule has 62 valence electrons. The van der Waals surface area contributed by atoms with Gasteiger partial charge in [0.2, 0.25) is 0 Å². The average Bonchev–Trinajstić information content (AvgIpc) is 2.15. The molecule has 1 aromatic heterocycles. The Kier molecular flexibility index (Phi) is 3.01. The van der Waals surface area contributed by atoms with E-state index in [1.165, 1.54) is 12.5 Å². The molecule has 0 unspecified atom stereocenters. The second-order valence-corrected chi connectivity index (χ2v) is 2.06. The maximum atomic E-state index is 9.30. The lowest BCUT2D eigenvalue weighted by atomic mass is 10.2. The van der Waals surface area contributed by atoms with E-state index in [1.54, 1.807) is 6.07 Å². The molecule has 0 aromatic carbocycles. The number of aromatic nitrogens is 2. The fourth-order valence-corrected chi connectivity index (χ4v) is 0.705. The van der Waals surface area contributed by atoms with Gasteiger partial charge < -0.3 is 5.11 Å². The Morgan fingerprint density at radius 3 is 3.17 bits per heavy atom. The second kappa shape index (κ2) is 4.27. The molecule has 6 nitrogen and oxygen atoms in total. The van der Waals surface area contributed by atoms with E-state index in [1.807, 2.05) is 0 Å². The Bertz CT molecular complexity index is 281. The maximum absolute atomic E-state index is 9.30. The summed E-state index contributed by atoms with van der Waals surface area (Å²) in [7, 11) is 0. The molecule has 0 saturated carbocycles. The molecule has 0 radical (unpaired) electrons. The molecule has 0 aliphatic carbocycles. The van der Waals surface area contributed by atoms with Crippen LogP contribution in [-0.2, 0) is 0 Å². The predicted octanol–water partition coefficient (Wildman–Crippen LogP) is 0.820. The van der Waals surface area contributed by atoms with Gasteiger partial charge in [-0.3, -0.25) is 0 Å². The van der Waals surface area contributed by atoms with Crippen LogP contribution in [-0.4, -0.2) is 21.6 Å². The maximum Gasteiger partial charge on any atom is 0.115 e. The highest BCUT2D eigenvalue weighted by Gasteiger charge is 2.05. The van der Waals surface area contributed by atoms with E-state index in [2.05, 4.69) is 20.0 Å². The van der Waals surface area contributed by atoms with E-state index >= 15 is 0 Å². The third-order valence-electron chi connectivity index (χ3n) is 1.26. The first kappa shape index (κ1) is 8.45. The number of aliphatic hydroxyl groups excluding tert-OH is 1. The normalized spacial score (nSPS) is 11.8. The van der Waals surface area contributed by atoms with E-state index in [9.17, 15) is 5.11 Å². The molecule has 12 heavy (non-hydrogen) atoms. The van der Waals surface area contributed by atoms with Gasteiger partial charge in [-0.05, 0) is 11.6 Å². The lowest BCUT2D eigenvalue weighted by Gasteiger charge is -2.03. The summed E-state index contributed by atoms with van der Waals surface area (Å²) in [5.74, 6) is 0. The van der Waals surface area contributed by atoms with Crippen molar-refractivity contribution in [3.63, 3.8) is 0 Å². The summed E-state index contributed by atoms with van der Waals surface area (Å²) in [6.07, 6.45) is 2.00. The standard InChI is InChI=1S/C6H7N5O/c7-11-10-3-6(12)5-1-2-8-4-9-5/h1-2,4,6,12H,3H2/t6-/m1/s1. The van der Waals surface area contributed by atoms with Crippen molar-refractivity contribution in [1.82, 2.24) is 9.97 Å². The monoisotopic (exact) mass is 165 g/mol. The second-order valence-electron chi connectivity index (χ2n) is 2.06. The fraction of sp³-hybridized carbons (Fsp3) is 0.333. The Morgan fingerprint density at radius 2 is 2.58 bits per heavy atom. The van der Waals surface area contributed by atoms with Gasteiger partial charge in [0.05, 0.1) is 12.2 Å². The number of nitrogens with zero attached hydrogens (tertiary/aromatic N) is 5. The zero-order valence-electron chi connectivity index (χ0n) is 6.20. The molecule has 6 heteroatoms. The van der Waals surface area contributed by atoms with Crippen LogP contribution in [0.4, 0.5) is 0 Å². The van der Waals surface area contributed by atoms with Crippen LogP contribution >= 0.6 is 0 Å². The van der Waals surface area contributed by atoms with Crippen molar-refractivity contribution in [2.24, 2.45) is 5.11 Å². The van der Waals surface area contributed by atoms with E-state index in [0.717, 1.165) is 0 Å². The van der Waals surface area contributed by atoms with E-state index in [-0.39, 0.29) is 6.54 Å². The zero-order valence-corrected chi connectivity index (χ0v) is 6.20. The quantitative estimate of drug-likeness (QED) is 0.408. The van der Waals surface area contributed by atoms with Crippen molar-refractivity contribution in [3.8, 4) is 0 Å². The topological polar surface area (TPSA) is 94.8 Å². The molecule has 1 heterocycles. The molecule has 1 aromatic rings. The van der Waals surface area contributed by atoms with Crippen LogP contribution in [0.5, 0.6) is 0 Å². The van der Waals surface area contributed by atoms with Gasteiger partial charge in [0.1, 0.15) is 12.4 Å². The van der Waals surface area contributed by atoms with Gasteiger partial charge in [0, 0.05) is 11.1 Å². The van der Waals surface area contributed by atoms with Crippen LogP contribution in [0.15, 0.2) is 23.7 Å². The predicted molar refractivity (Wildman–Crippen MR) is 41.0 cm³/mol. The van der Waals surface area contributed by atoms with Gasteiger partial charge in [0.25, 0.3) is 0 Å². The first-order valence-electron chi connectivity index (χ1n) is 3.29. The summed E-state index contributed by atoms with van der Waals surface area (Å²) in [6.45, 7) is -0.00644. The minimum absolute atomic E-state index is 0.00644. The highest BCUT2D eigenvalue weighted by molar-refractivity contribution is 5.02. The number of rotatable bonds is 3. The largest absolute Gasteiger partial charge is 0.387 e. The lowest BCUT2D eigenvalue weighted by molar-refractivity contribution is 0.181. The highest BCUT2D eigenvalue weighted by Crippen LogP contribution is 2.07. The number of aliphatic hydroxyl groups is 1. The van der Waals surface area contributed by atoms with Crippen molar-refractivity contribution in [3.05, 3.63) is 34.7 Å². The van der Waals surface area contributed by atoms with E-state index in [4.69, 9.17) is 5.53 Å². The molecule has 0 fully saturated rings. The summed E-state index contributed by atoms with van der Waals surface area (Å²) < 4.78 is 0. The molecule has 0 bridgehead atoms. The highest BCUT2D eigenvalue weighted by atomic mass is 16.3. The van der Waals surface area contributed by atoms with Crippen LogP contribution < -0.4 is 0 Å². The SMILES string of the molecule is [N-]=[N+]=NC[C@@H](O)c1ccncn1. The third kappa shape index (κ3) is 2.19. The van der Waals surface area contributed by atoms with Gasteiger partial charge in [-0.2, -0.15) is 0 Å². The van der Waals surface area contributed by atoms with Gasteiger partial charge >= 0.3 is 0 Å². The molecule has 0 saturated heterocycles. The smallest absolute Gasteiger partial charge is 0.115 e. The van der Waals surface area contributed by atoms with E-state index < -0.39 is 6.10 Å². The first-order chi connectivity index (χ1) is 5.84. The van der Waals surface area contributed by atoms with Crippen LogP contribution in [0.2, 0.25) is 0 Å². The van der Waals surface area contributed by atoms with Crippen molar-refractivity contribution in [2.45, 2.75) is 6.10 Å². The first-order valence-corrected chi connectivity index (χ1v) is 3.29. The van der Waals surface area contributed by atoms with Gasteiger partial charge in [-0.25, -0.2) is 9.97 Å². The summed E-state index contributed by atoms with van der Waals surface area (Å²) in [5, 5.41) is 12.5. The summed E-state index contributed by atoms with van der Waals surface area (Å²) in [5.41, 5.74) is 8.43. The molecule has 0 spiro atoms. The zero-order chi connectivity index (χ0) is 8.81. The molecule has 1 N–H and O–H groups in total. The Labute approximate surface area is 68.5 Å². The minimum atomic E-state index is -0.844. The van der Waals surface area contributed by atoms with Crippen LogP contribution in [0.3, 0.4) is 0 Å². The Balaban J connectivity index is 2.65. The Hall–Kier alpha value is -1.65. The van der Waals surface area contributed by atoms with Gasteiger partial charge in [-0.15, -0.1) is 0 Å². The van der Waals surface area contributed by atoms with Crippen molar-refractivity contribution >= 4 is 0 Å². The van der Waals surface area contributed by atoms with Gasteiger partial charge in [-0.1, -0.05) is 5.11 Å². The lowest BCUT2D eigenvalue weighted by Crippen LogP contribution is -2.03. The minimum Gasteiger partial charge on any atom is -0.387 e. The van der Waals surface area contributed by atoms with Crippen molar-refractivity contribution < 1.29 is 5.11 Å². The number of hydrogen-bond donors (Lipinski definition) is 1. The summed E-state index contributed by atoms with van der Waals surface area (Å²) >= 11 is 0. The average molecular weight is 165 g/mol. The van der Waals surface area contributed by atoms with E-state index in [0.29, 0.717) is 5.69 Å². The van der Waals surface area contributed by atoms with Crippen LogP contribution in [0.25, 0.3) is 10.4 Å². The molecule has 0 amide bonds. The van der Waals surface area contributed by atoms with Crippen molar-refractivity contribution in [2.75, 3.05) is 6.54 Å². The summed E-state index contributed by atoms with van der Waals surface area (Å²) in [4.78, 5) is 9.99. The number of hydrogen-bond acceptors (Lipinski definition) is 4. The van der Waals surface area contributed by atoms with Crippen LogP contribution in [0, 0.1) is 0 Å². The molecule has 1 rings (SSSR count). The van der Waals surface area contributed by atoms with Crippen molar-refractivity contribution in [1.29, 1.82) is 0 Å². The third-order valence-corrected chi connectivity index (χ3v) is 1.26. The Morgan fingerprint density at radius 1 is 1.75 bits per heavy atom. The number of azide groups is 1.